The highest BCUT2D eigenvalue weighted by atomic mass is 35.5. The van der Waals surface area contributed by atoms with Gasteiger partial charge in [-0.1, -0.05) is 48.7 Å². The molecule has 0 aliphatic heterocycles. The molecule has 0 bridgehead atoms. The second kappa shape index (κ2) is 7.73. The van der Waals surface area contributed by atoms with E-state index in [4.69, 9.17) is 39.9 Å². The van der Waals surface area contributed by atoms with Gasteiger partial charge in [0.15, 0.2) is 0 Å². The first-order valence-corrected chi connectivity index (χ1v) is 7.28. The van der Waals surface area contributed by atoms with Gasteiger partial charge in [-0.05, 0) is 18.1 Å². The molecule has 1 aromatic carbocycles. The number of halogens is 3. The first-order valence-electron chi connectivity index (χ1n) is 6.14. The number of nitrogens with one attached hydrogen (secondary N) is 2. The van der Waals surface area contributed by atoms with Gasteiger partial charge in [-0.3, -0.25) is 4.79 Å². The van der Waals surface area contributed by atoms with E-state index >= 15 is 0 Å². The number of carbonyl (C=O) groups is 2. The minimum Gasteiger partial charge on any atom is -0.481 e. The summed E-state index contributed by atoms with van der Waals surface area (Å²) in [4.78, 5) is 22.7. The number of anilines is 1. The van der Waals surface area contributed by atoms with Crippen LogP contribution in [-0.4, -0.2) is 23.1 Å². The second-order valence-corrected chi connectivity index (χ2v) is 6.04. The van der Waals surface area contributed by atoms with Gasteiger partial charge in [0.1, 0.15) is 0 Å². The average Bonchev–Trinajstić information content (AvgIpc) is 2.32. The normalized spacial score (nSPS) is 12.1. The van der Waals surface area contributed by atoms with Crippen LogP contribution < -0.4 is 10.6 Å². The highest BCUT2D eigenvalue weighted by Crippen LogP contribution is 2.33. The highest BCUT2D eigenvalue weighted by molar-refractivity contribution is 6.42. The lowest BCUT2D eigenvalue weighted by atomic mass is 10.0. The van der Waals surface area contributed by atoms with Crippen LogP contribution in [-0.2, 0) is 4.79 Å². The number of aliphatic carboxylic acids is 1. The van der Waals surface area contributed by atoms with Crippen molar-refractivity contribution in [1.82, 2.24) is 5.32 Å². The Hall–Kier alpha value is -1.17. The van der Waals surface area contributed by atoms with E-state index in [1.807, 2.05) is 13.8 Å². The van der Waals surface area contributed by atoms with Gasteiger partial charge in [0.25, 0.3) is 0 Å². The van der Waals surface area contributed by atoms with Crippen LogP contribution in [0.5, 0.6) is 0 Å². The molecule has 1 aromatic rings. The van der Waals surface area contributed by atoms with E-state index in [9.17, 15) is 9.59 Å². The minimum atomic E-state index is -0.989. The molecular formula is C13H15Cl3N2O3. The van der Waals surface area contributed by atoms with E-state index in [-0.39, 0.29) is 28.1 Å². The van der Waals surface area contributed by atoms with Gasteiger partial charge in [0, 0.05) is 11.1 Å². The summed E-state index contributed by atoms with van der Waals surface area (Å²) in [5, 5.41) is 14.7. The molecule has 116 valence electrons. The Balaban J connectivity index is 2.79. The van der Waals surface area contributed by atoms with Crippen molar-refractivity contribution in [3.05, 3.63) is 27.2 Å². The van der Waals surface area contributed by atoms with Crippen LogP contribution in [0.3, 0.4) is 0 Å². The van der Waals surface area contributed by atoms with Crippen LogP contribution in [0.25, 0.3) is 0 Å². The van der Waals surface area contributed by atoms with Gasteiger partial charge in [-0.2, -0.15) is 0 Å². The molecule has 3 N–H and O–H groups in total. The van der Waals surface area contributed by atoms with Gasteiger partial charge in [-0.25, -0.2) is 4.79 Å². The van der Waals surface area contributed by atoms with Crippen LogP contribution in [0, 0.1) is 5.92 Å². The second-order valence-electron chi connectivity index (χ2n) is 4.79. The number of benzene rings is 1. The number of carboxylic acids is 1. The molecule has 0 saturated heterocycles. The van der Waals surface area contributed by atoms with E-state index in [0.717, 1.165) is 0 Å². The summed E-state index contributed by atoms with van der Waals surface area (Å²) < 4.78 is 0. The van der Waals surface area contributed by atoms with Crippen LogP contribution in [0.15, 0.2) is 12.1 Å². The van der Waals surface area contributed by atoms with Crippen molar-refractivity contribution in [2.75, 3.05) is 5.32 Å². The predicted octanol–water partition coefficient (Wildman–Crippen LogP) is 4.27. The van der Waals surface area contributed by atoms with Crippen LogP contribution in [0.4, 0.5) is 10.5 Å². The third-order valence-corrected chi connectivity index (χ3v) is 3.58. The van der Waals surface area contributed by atoms with Gasteiger partial charge in [0.2, 0.25) is 0 Å². The Morgan fingerprint density at radius 2 is 1.71 bits per heavy atom. The minimum absolute atomic E-state index is 0.0389. The monoisotopic (exact) mass is 352 g/mol. The third-order valence-electron chi connectivity index (χ3n) is 2.76. The fourth-order valence-corrected chi connectivity index (χ4v) is 2.53. The number of carboxylic acid groups (broad SMARTS) is 1. The third kappa shape index (κ3) is 5.61. The van der Waals surface area contributed by atoms with Crippen molar-refractivity contribution in [3.8, 4) is 0 Å². The smallest absolute Gasteiger partial charge is 0.319 e. The maximum Gasteiger partial charge on any atom is 0.319 e. The topological polar surface area (TPSA) is 78.4 Å². The van der Waals surface area contributed by atoms with Crippen LogP contribution >= 0.6 is 34.8 Å². The number of amides is 2. The van der Waals surface area contributed by atoms with Crippen molar-refractivity contribution in [2.45, 2.75) is 26.3 Å². The van der Waals surface area contributed by atoms with E-state index in [1.54, 1.807) is 0 Å². The summed E-state index contributed by atoms with van der Waals surface area (Å²) in [5.74, 6) is -1.03. The lowest BCUT2D eigenvalue weighted by Gasteiger charge is -2.21. The Bertz CT molecular complexity index is 526. The summed E-state index contributed by atoms with van der Waals surface area (Å²) in [7, 11) is 0. The molecule has 1 rings (SSSR count). The molecule has 1 unspecified atom stereocenters. The molecule has 0 fully saturated rings. The van der Waals surface area contributed by atoms with Crippen LogP contribution in [0.2, 0.25) is 15.1 Å². The quantitative estimate of drug-likeness (QED) is 0.739. The maximum absolute atomic E-state index is 11.9. The number of hydrogen-bond donors (Lipinski definition) is 3. The van der Waals surface area contributed by atoms with Crippen molar-refractivity contribution in [3.63, 3.8) is 0 Å². The molecule has 8 heteroatoms. The van der Waals surface area contributed by atoms with Crippen molar-refractivity contribution in [1.29, 1.82) is 0 Å². The molecule has 21 heavy (non-hydrogen) atoms. The molecule has 0 heterocycles. The lowest BCUT2D eigenvalue weighted by Crippen LogP contribution is -2.42. The largest absolute Gasteiger partial charge is 0.481 e. The summed E-state index contributed by atoms with van der Waals surface area (Å²) >= 11 is 17.7. The van der Waals surface area contributed by atoms with Gasteiger partial charge in [-0.15, -0.1) is 0 Å². The lowest BCUT2D eigenvalue weighted by molar-refractivity contribution is -0.137. The molecule has 0 aliphatic carbocycles. The zero-order valence-corrected chi connectivity index (χ0v) is 13.7. The molecule has 2 amide bonds. The highest BCUT2D eigenvalue weighted by Gasteiger charge is 2.20. The number of carbonyl (C=O) groups excluding carboxylic acids is 1. The first-order chi connectivity index (χ1) is 9.70. The predicted molar refractivity (Wildman–Crippen MR) is 84.5 cm³/mol. The van der Waals surface area contributed by atoms with Gasteiger partial charge < -0.3 is 15.7 Å². The molecule has 1 atom stereocenters. The van der Waals surface area contributed by atoms with Crippen molar-refractivity contribution in [2.24, 2.45) is 5.92 Å². The molecular weight excluding hydrogens is 339 g/mol. The Morgan fingerprint density at radius 3 is 2.14 bits per heavy atom. The van der Waals surface area contributed by atoms with Gasteiger partial charge in [0.05, 0.1) is 22.2 Å². The number of hydrogen-bond acceptors (Lipinski definition) is 2. The Labute approximate surface area is 137 Å². The molecule has 0 aliphatic rings. The summed E-state index contributed by atoms with van der Waals surface area (Å²) in [6, 6.07) is 1.80. The molecule has 0 radical (unpaired) electrons. The fourth-order valence-electron chi connectivity index (χ4n) is 1.62. The Morgan fingerprint density at radius 1 is 1.19 bits per heavy atom. The van der Waals surface area contributed by atoms with E-state index in [0.29, 0.717) is 5.02 Å². The van der Waals surface area contributed by atoms with Crippen molar-refractivity contribution < 1.29 is 14.7 Å². The summed E-state index contributed by atoms with van der Waals surface area (Å²) in [6.07, 6.45) is -0.173. The van der Waals surface area contributed by atoms with E-state index in [1.165, 1.54) is 12.1 Å². The average molecular weight is 354 g/mol. The summed E-state index contributed by atoms with van der Waals surface area (Å²) in [6.45, 7) is 3.63. The SMILES string of the molecule is CC(C)C(CC(=O)O)NC(=O)Nc1c(Cl)cc(Cl)cc1Cl. The molecule has 0 saturated carbocycles. The molecule has 0 spiro atoms. The van der Waals surface area contributed by atoms with Crippen molar-refractivity contribution >= 4 is 52.5 Å². The van der Waals surface area contributed by atoms with E-state index < -0.39 is 18.0 Å². The molecule has 0 aromatic heterocycles. The summed E-state index contributed by atoms with van der Waals surface area (Å²) in [5.41, 5.74) is 0.220. The van der Waals surface area contributed by atoms with Gasteiger partial charge >= 0.3 is 12.0 Å². The zero-order valence-electron chi connectivity index (χ0n) is 11.4. The van der Waals surface area contributed by atoms with E-state index in [2.05, 4.69) is 10.6 Å². The standard InChI is InChI=1S/C13H15Cl3N2O3/c1-6(2)10(5-11(19)20)17-13(21)18-12-8(15)3-7(14)4-9(12)16/h3-4,6,10H,5H2,1-2H3,(H,19,20)(H2,17,18,21). The van der Waals surface area contributed by atoms with Crippen LogP contribution in [0.1, 0.15) is 20.3 Å². The Kier molecular flexibility index (Phi) is 6.58. The maximum atomic E-state index is 11.9. The number of rotatable bonds is 5. The first kappa shape index (κ1) is 17.9. The molecule has 5 nitrogen and oxygen atoms in total. The zero-order chi connectivity index (χ0) is 16.2. The fraction of sp³-hybridized carbons (Fsp3) is 0.385. The number of urea groups is 1.